The Morgan fingerprint density at radius 2 is 2.10 bits per heavy atom. The first kappa shape index (κ1) is 20.0. The van der Waals surface area contributed by atoms with Gasteiger partial charge in [-0.1, -0.05) is 0 Å². The number of ether oxygens (including phenoxy) is 2. The van der Waals surface area contributed by atoms with Crippen molar-refractivity contribution < 1.29 is 22.6 Å². The van der Waals surface area contributed by atoms with Crippen LogP contribution in [0.1, 0.15) is 24.6 Å². The summed E-state index contributed by atoms with van der Waals surface area (Å²) in [6.07, 6.45) is 1.11. The van der Waals surface area contributed by atoms with E-state index in [4.69, 9.17) is 9.47 Å². The van der Waals surface area contributed by atoms with Crippen LogP contribution in [0.4, 0.5) is 19.0 Å². The maximum atomic E-state index is 14.7. The van der Waals surface area contributed by atoms with Crippen LogP contribution in [0.25, 0.3) is 17.0 Å². The molecule has 3 aromatic rings. The summed E-state index contributed by atoms with van der Waals surface area (Å²) in [6, 6.07) is 1.74. The number of anilines is 1. The van der Waals surface area contributed by atoms with E-state index in [0.29, 0.717) is 43.2 Å². The maximum Gasteiger partial charge on any atom is 0.168 e. The monoisotopic (exact) mass is 434 g/mol. The van der Waals surface area contributed by atoms with Crippen molar-refractivity contribution in [2.75, 3.05) is 32.1 Å². The number of piperidine rings is 1. The molecular weight excluding hydrogens is 413 g/mol. The van der Waals surface area contributed by atoms with Gasteiger partial charge in [0.2, 0.25) is 0 Å². The number of imidazole rings is 1. The molecule has 5 heterocycles. The average Bonchev–Trinajstić information content (AvgIpc) is 3.12. The first-order valence-corrected chi connectivity index (χ1v) is 10.1. The van der Waals surface area contributed by atoms with Crippen LogP contribution in [-0.4, -0.2) is 58.6 Å². The topological polar surface area (TPSA) is 85.6 Å². The van der Waals surface area contributed by atoms with Gasteiger partial charge in [-0.05, 0) is 13.0 Å². The van der Waals surface area contributed by atoms with Crippen LogP contribution >= 0.6 is 0 Å². The molecule has 31 heavy (non-hydrogen) atoms. The number of alkyl halides is 1. The van der Waals surface area contributed by atoms with E-state index < -0.39 is 23.8 Å². The highest BCUT2D eigenvalue weighted by Gasteiger charge is 2.29. The quantitative estimate of drug-likeness (QED) is 0.639. The summed E-state index contributed by atoms with van der Waals surface area (Å²) in [5.74, 6) is -1.48. The summed E-state index contributed by atoms with van der Waals surface area (Å²) in [5.41, 5.74) is 1.07. The van der Waals surface area contributed by atoms with E-state index in [-0.39, 0.29) is 23.3 Å². The predicted molar refractivity (Wildman–Crippen MR) is 106 cm³/mol. The van der Waals surface area contributed by atoms with Crippen LogP contribution in [0.3, 0.4) is 0 Å². The molecule has 3 atom stereocenters. The van der Waals surface area contributed by atoms with Crippen molar-refractivity contribution in [3.05, 3.63) is 35.7 Å². The lowest BCUT2D eigenvalue weighted by Crippen LogP contribution is -2.46. The molecule has 0 aliphatic carbocycles. The maximum absolute atomic E-state index is 14.7. The molecule has 3 aromatic heterocycles. The van der Waals surface area contributed by atoms with Gasteiger partial charge >= 0.3 is 0 Å². The van der Waals surface area contributed by atoms with Crippen LogP contribution in [-0.2, 0) is 4.74 Å². The predicted octanol–water partition coefficient (Wildman–Crippen LogP) is 2.65. The van der Waals surface area contributed by atoms with Gasteiger partial charge in [0.25, 0.3) is 0 Å². The number of aromatic nitrogens is 4. The second kappa shape index (κ2) is 7.97. The first-order chi connectivity index (χ1) is 15.0. The Balaban J connectivity index is 1.56. The number of fused-ring (bicyclic) bond motifs is 1. The molecule has 0 bridgehead atoms. The van der Waals surface area contributed by atoms with E-state index in [0.717, 1.165) is 12.5 Å². The van der Waals surface area contributed by atoms with Gasteiger partial charge in [-0.3, -0.25) is 0 Å². The van der Waals surface area contributed by atoms with Crippen molar-refractivity contribution in [3.8, 4) is 17.1 Å². The normalized spacial score (nSPS) is 23.5. The van der Waals surface area contributed by atoms with Gasteiger partial charge in [0.05, 0.1) is 26.0 Å². The van der Waals surface area contributed by atoms with E-state index in [1.807, 2.05) is 0 Å². The smallest absolute Gasteiger partial charge is 0.168 e. The average molecular weight is 434 g/mol. The molecule has 164 valence electrons. The number of halogens is 3. The van der Waals surface area contributed by atoms with E-state index in [9.17, 15) is 13.2 Å². The third kappa shape index (κ3) is 3.57. The molecule has 0 aromatic carbocycles. The number of pyridine rings is 1. The highest BCUT2D eigenvalue weighted by atomic mass is 19.1. The first-order valence-electron chi connectivity index (χ1n) is 10.1. The summed E-state index contributed by atoms with van der Waals surface area (Å²) in [7, 11) is 1.52. The van der Waals surface area contributed by atoms with E-state index in [2.05, 4.69) is 25.7 Å². The number of hydrogen-bond acceptors (Lipinski definition) is 7. The summed E-state index contributed by atoms with van der Waals surface area (Å²) < 4.78 is 55.6. The Bertz CT molecular complexity index is 1120. The molecule has 8 nitrogen and oxygen atoms in total. The highest BCUT2D eigenvalue weighted by Crippen LogP contribution is 2.35. The second-order valence-electron chi connectivity index (χ2n) is 7.57. The SMILES string of the molecule is COc1cc2ncc(-c3nc(NC4CNCCC4F)c(F)cc3F)n2nc1C1CCO1. The van der Waals surface area contributed by atoms with Crippen molar-refractivity contribution in [1.82, 2.24) is 24.9 Å². The lowest BCUT2D eigenvalue weighted by atomic mass is 10.1. The number of rotatable bonds is 5. The van der Waals surface area contributed by atoms with Gasteiger partial charge in [0.15, 0.2) is 23.1 Å². The molecule has 0 spiro atoms. The number of methoxy groups -OCH3 is 1. The fourth-order valence-corrected chi connectivity index (χ4v) is 3.80. The minimum Gasteiger partial charge on any atom is -0.495 e. The number of nitrogens with one attached hydrogen (secondary N) is 2. The summed E-state index contributed by atoms with van der Waals surface area (Å²) >= 11 is 0. The molecule has 2 aliphatic rings. The Kier molecular flexibility index (Phi) is 5.14. The van der Waals surface area contributed by atoms with Crippen LogP contribution < -0.4 is 15.4 Å². The molecule has 2 saturated heterocycles. The van der Waals surface area contributed by atoms with Crippen molar-refractivity contribution in [2.24, 2.45) is 0 Å². The Morgan fingerprint density at radius 3 is 2.81 bits per heavy atom. The van der Waals surface area contributed by atoms with E-state index in [1.54, 1.807) is 6.07 Å². The zero-order valence-corrected chi connectivity index (χ0v) is 16.7. The summed E-state index contributed by atoms with van der Waals surface area (Å²) in [5, 5.41) is 10.3. The molecule has 11 heteroatoms. The van der Waals surface area contributed by atoms with Crippen LogP contribution in [0, 0.1) is 11.6 Å². The summed E-state index contributed by atoms with van der Waals surface area (Å²) in [6.45, 7) is 1.49. The van der Waals surface area contributed by atoms with Gasteiger partial charge in [-0.2, -0.15) is 5.10 Å². The third-order valence-corrected chi connectivity index (χ3v) is 5.60. The Labute approximate surface area is 175 Å². The van der Waals surface area contributed by atoms with Crippen molar-refractivity contribution in [3.63, 3.8) is 0 Å². The molecule has 2 aliphatic heterocycles. The van der Waals surface area contributed by atoms with Crippen LogP contribution in [0.5, 0.6) is 5.75 Å². The zero-order chi connectivity index (χ0) is 21.5. The summed E-state index contributed by atoms with van der Waals surface area (Å²) in [4.78, 5) is 8.38. The van der Waals surface area contributed by atoms with Crippen molar-refractivity contribution in [1.29, 1.82) is 0 Å². The molecule has 5 rings (SSSR count). The van der Waals surface area contributed by atoms with E-state index in [1.165, 1.54) is 17.8 Å². The fraction of sp³-hybridized carbons (Fsp3) is 0.450. The van der Waals surface area contributed by atoms with Crippen LogP contribution in [0.2, 0.25) is 0 Å². The zero-order valence-electron chi connectivity index (χ0n) is 16.7. The highest BCUT2D eigenvalue weighted by molar-refractivity contribution is 5.63. The molecule has 0 radical (unpaired) electrons. The Morgan fingerprint density at radius 1 is 1.26 bits per heavy atom. The van der Waals surface area contributed by atoms with Crippen molar-refractivity contribution in [2.45, 2.75) is 31.2 Å². The standard InChI is InChI=1S/C20H21F3N6O2/c1-30-16-7-17-25-9-14(29(17)28-19(16)15-3-5-31-15)18-11(22)6-12(23)20(27-18)26-13-8-24-4-2-10(13)21/h6-7,9-10,13,15,24H,2-5,8H2,1H3,(H,26,27). The molecule has 2 fully saturated rings. The number of hydrogen-bond donors (Lipinski definition) is 2. The lowest BCUT2D eigenvalue weighted by Gasteiger charge is -2.28. The largest absolute Gasteiger partial charge is 0.495 e. The lowest BCUT2D eigenvalue weighted by molar-refractivity contribution is -0.0569. The van der Waals surface area contributed by atoms with Gasteiger partial charge < -0.3 is 20.1 Å². The molecule has 0 saturated carbocycles. The molecular formula is C20H21F3N6O2. The second-order valence-corrected chi connectivity index (χ2v) is 7.57. The molecule has 2 N–H and O–H groups in total. The minimum atomic E-state index is -1.16. The van der Waals surface area contributed by atoms with Gasteiger partial charge in [0, 0.05) is 25.1 Å². The van der Waals surface area contributed by atoms with Gasteiger partial charge in [-0.15, -0.1) is 0 Å². The molecule has 3 unspecified atom stereocenters. The van der Waals surface area contributed by atoms with Gasteiger partial charge in [0.1, 0.15) is 35.1 Å². The third-order valence-electron chi connectivity index (χ3n) is 5.60. The minimum absolute atomic E-state index is 0.145. The van der Waals surface area contributed by atoms with E-state index >= 15 is 0 Å². The van der Waals surface area contributed by atoms with Crippen molar-refractivity contribution >= 4 is 11.5 Å². The Hall–Kier alpha value is -2.92. The van der Waals surface area contributed by atoms with Crippen LogP contribution in [0.15, 0.2) is 18.3 Å². The molecule has 0 amide bonds. The van der Waals surface area contributed by atoms with Gasteiger partial charge in [-0.25, -0.2) is 27.7 Å². The fourth-order valence-electron chi connectivity index (χ4n) is 3.80. The number of nitrogens with zero attached hydrogens (tertiary/aromatic N) is 4.